The Balaban J connectivity index is 1.48. The Morgan fingerprint density at radius 3 is 2.25 bits per heavy atom. The van der Waals surface area contributed by atoms with Gasteiger partial charge in [-0.2, -0.15) is 13.2 Å². The molecule has 6 heteroatoms. The van der Waals surface area contributed by atoms with Crippen molar-refractivity contribution in [2.45, 2.75) is 32.0 Å². The molecule has 0 saturated carbocycles. The molecule has 0 bridgehead atoms. The molecule has 0 atom stereocenters. The lowest BCUT2D eigenvalue weighted by atomic mass is 10.1. The normalized spacial score (nSPS) is 16.0. The molecule has 0 aromatic heterocycles. The summed E-state index contributed by atoms with van der Waals surface area (Å²) in [6.45, 7) is 3.57. The highest BCUT2D eigenvalue weighted by Gasteiger charge is 2.30. The van der Waals surface area contributed by atoms with Crippen LogP contribution in [0.5, 0.6) is 0 Å². The topological polar surface area (TPSA) is 23.6 Å². The van der Waals surface area contributed by atoms with Crippen molar-refractivity contribution in [3.63, 3.8) is 0 Å². The molecule has 3 nitrogen and oxygen atoms in total. The first kappa shape index (κ1) is 20.4. The van der Waals surface area contributed by atoms with Crippen molar-refractivity contribution >= 4 is 5.91 Å². The van der Waals surface area contributed by atoms with E-state index < -0.39 is 11.7 Å². The molecule has 2 aromatic carbocycles. The zero-order valence-corrected chi connectivity index (χ0v) is 15.8. The average molecular weight is 390 g/mol. The largest absolute Gasteiger partial charge is 0.416 e. The highest BCUT2D eigenvalue weighted by atomic mass is 19.4. The van der Waals surface area contributed by atoms with Crippen LogP contribution in [0.4, 0.5) is 13.2 Å². The third-order valence-corrected chi connectivity index (χ3v) is 5.10. The molecule has 2 aromatic rings. The highest BCUT2D eigenvalue weighted by molar-refractivity contribution is 5.76. The number of carbonyl (C=O) groups is 1. The zero-order valence-electron chi connectivity index (χ0n) is 15.8. The van der Waals surface area contributed by atoms with Gasteiger partial charge < -0.3 is 4.90 Å². The summed E-state index contributed by atoms with van der Waals surface area (Å²) in [5.74, 6) is 0.167. The minimum Gasteiger partial charge on any atom is -0.341 e. The minimum atomic E-state index is -4.30. The molecule has 0 radical (unpaired) electrons. The van der Waals surface area contributed by atoms with Crippen LogP contribution in [0, 0.1) is 0 Å². The lowest BCUT2D eigenvalue weighted by Gasteiger charge is -2.22. The number of alkyl halides is 3. The predicted octanol–water partition coefficient (Wildman–Crippen LogP) is 4.37. The number of aryl methyl sites for hydroxylation is 1. The van der Waals surface area contributed by atoms with E-state index in [9.17, 15) is 18.0 Å². The van der Waals surface area contributed by atoms with Gasteiger partial charge in [0.25, 0.3) is 0 Å². The Hall–Kier alpha value is -2.34. The van der Waals surface area contributed by atoms with Crippen LogP contribution in [0.1, 0.15) is 29.5 Å². The molecule has 150 valence electrons. The molecule has 0 N–H and O–H groups in total. The second kappa shape index (κ2) is 9.24. The Bertz CT molecular complexity index is 760. The van der Waals surface area contributed by atoms with Crippen molar-refractivity contribution in [1.29, 1.82) is 0 Å². The third-order valence-electron chi connectivity index (χ3n) is 5.10. The van der Waals surface area contributed by atoms with E-state index in [1.54, 1.807) is 0 Å². The Kier molecular flexibility index (Phi) is 6.73. The first-order valence-electron chi connectivity index (χ1n) is 9.62. The number of carbonyl (C=O) groups excluding carboxylic acids is 1. The number of hydrogen-bond acceptors (Lipinski definition) is 2. The van der Waals surface area contributed by atoms with Gasteiger partial charge in [0.15, 0.2) is 0 Å². The summed E-state index contributed by atoms with van der Waals surface area (Å²) in [7, 11) is 0. The van der Waals surface area contributed by atoms with Crippen LogP contribution >= 0.6 is 0 Å². The summed E-state index contributed by atoms with van der Waals surface area (Å²) in [6, 6.07) is 15.3. The molecule has 1 fully saturated rings. The third kappa shape index (κ3) is 5.83. The van der Waals surface area contributed by atoms with Gasteiger partial charge in [-0.15, -0.1) is 0 Å². The Labute approximate surface area is 163 Å². The molecule has 28 heavy (non-hydrogen) atoms. The summed E-state index contributed by atoms with van der Waals surface area (Å²) in [5.41, 5.74) is 1.40. The number of nitrogens with zero attached hydrogens (tertiary/aromatic N) is 2. The van der Waals surface area contributed by atoms with Crippen molar-refractivity contribution in [3.8, 4) is 0 Å². The molecule has 0 aliphatic carbocycles. The zero-order chi connectivity index (χ0) is 20.0. The fraction of sp³-hybridized carbons (Fsp3) is 0.409. The summed E-state index contributed by atoms with van der Waals surface area (Å²) in [5, 5.41) is 0. The van der Waals surface area contributed by atoms with E-state index in [4.69, 9.17) is 0 Å². The quantitative estimate of drug-likeness (QED) is 0.757. The van der Waals surface area contributed by atoms with Crippen LogP contribution in [0.2, 0.25) is 0 Å². The van der Waals surface area contributed by atoms with Gasteiger partial charge in [0.05, 0.1) is 5.56 Å². The maximum absolute atomic E-state index is 12.7. The molecule has 0 unspecified atom stereocenters. The number of amides is 1. The number of hydrogen-bond donors (Lipinski definition) is 0. The van der Waals surface area contributed by atoms with Crippen LogP contribution in [0.3, 0.4) is 0 Å². The monoisotopic (exact) mass is 390 g/mol. The number of benzene rings is 2. The van der Waals surface area contributed by atoms with Crippen LogP contribution in [-0.4, -0.2) is 41.9 Å². The van der Waals surface area contributed by atoms with Crippen LogP contribution in [0.25, 0.3) is 0 Å². The molecule has 1 aliphatic rings. The summed E-state index contributed by atoms with van der Waals surface area (Å²) in [6.07, 6.45) is -2.19. The van der Waals surface area contributed by atoms with Crippen LogP contribution in [-0.2, 0) is 23.9 Å². The van der Waals surface area contributed by atoms with Crippen molar-refractivity contribution in [3.05, 3.63) is 71.3 Å². The predicted molar refractivity (Wildman–Crippen MR) is 103 cm³/mol. The first-order valence-corrected chi connectivity index (χ1v) is 9.62. The van der Waals surface area contributed by atoms with E-state index in [0.717, 1.165) is 55.7 Å². The number of rotatable bonds is 5. The number of halogens is 3. The van der Waals surface area contributed by atoms with Gasteiger partial charge in [-0.25, -0.2) is 0 Å². The van der Waals surface area contributed by atoms with E-state index in [2.05, 4.69) is 4.90 Å². The average Bonchev–Trinajstić information content (AvgIpc) is 2.92. The van der Waals surface area contributed by atoms with Gasteiger partial charge in [-0.05, 0) is 36.1 Å². The molecule has 1 saturated heterocycles. The van der Waals surface area contributed by atoms with E-state index in [1.807, 2.05) is 35.2 Å². The van der Waals surface area contributed by atoms with Gasteiger partial charge >= 0.3 is 6.18 Å². The molecule has 0 spiro atoms. The molecule has 1 amide bonds. The van der Waals surface area contributed by atoms with E-state index in [1.165, 1.54) is 12.1 Å². The molecule has 3 rings (SSSR count). The van der Waals surface area contributed by atoms with Crippen molar-refractivity contribution < 1.29 is 18.0 Å². The van der Waals surface area contributed by atoms with E-state index in [0.29, 0.717) is 19.5 Å². The lowest BCUT2D eigenvalue weighted by Crippen LogP contribution is -2.35. The fourth-order valence-corrected chi connectivity index (χ4v) is 3.49. The molecule has 1 aliphatic heterocycles. The van der Waals surface area contributed by atoms with Crippen molar-refractivity contribution in [2.75, 3.05) is 26.2 Å². The second-order valence-electron chi connectivity index (χ2n) is 7.19. The summed E-state index contributed by atoms with van der Waals surface area (Å²) in [4.78, 5) is 16.6. The smallest absolute Gasteiger partial charge is 0.341 e. The highest BCUT2D eigenvalue weighted by Crippen LogP contribution is 2.29. The lowest BCUT2D eigenvalue weighted by molar-refractivity contribution is -0.137. The summed E-state index contributed by atoms with van der Waals surface area (Å²) >= 11 is 0. The molecular weight excluding hydrogens is 365 g/mol. The summed E-state index contributed by atoms with van der Waals surface area (Å²) < 4.78 is 38.0. The van der Waals surface area contributed by atoms with Gasteiger partial charge in [-0.3, -0.25) is 9.69 Å². The van der Waals surface area contributed by atoms with Gasteiger partial charge in [0.1, 0.15) is 0 Å². The Morgan fingerprint density at radius 1 is 0.857 bits per heavy atom. The van der Waals surface area contributed by atoms with Crippen molar-refractivity contribution in [2.24, 2.45) is 0 Å². The fourth-order valence-electron chi connectivity index (χ4n) is 3.49. The van der Waals surface area contributed by atoms with Crippen LogP contribution < -0.4 is 0 Å². The van der Waals surface area contributed by atoms with E-state index in [-0.39, 0.29) is 5.91 Å². The van der Waals surface area contributed by atoms with Gasteiger partial charge in [0.2, 0.25) is 5.91 Å². The minimum absolute atomic E-state index is 0.167. The SMILES string of the molecule is O=C(CCc1ccccc1)N1CCCN(Cc2ccc(C(F)(F)F)cc2)CC1. The second-order valence-corrected chi connectivity index (χ2v) is 7.19. The Morgan fingerprint density at radius 2 is 1.57 bits per heavy atom. The van der Waals surface area contributed by atoms with Crippen LogP contribution in [0.15, 0.2) is 54.6 Å². The van der Waals surface area contributed by atoms with Gasteiger partial charge in [-0.1, -0.05) is 42.5 Å². The maximum atomic E-state index is 12.7. The molecular formula is C22H25F3N2O. The van der Waals surface area contributed by atoms with Crippen molar-refractivity contribution in [1.82, 2.24) is 9.80 Å². The van der Waals surface area contributed by atoms with E-state index >= 15 is 0 Å². The maximum Gasteiger partial charge on any atom is 0.416 e. The first-order chi connectivity index (χ1) is 13.4. The van der Waals surface area contributed by atoms with Gasteiger partial charge in [0, 0.05) is 39.1 Å². The molecule has 1 heterocycles. The standard InChI is InChI=1S/C22H25F3N2O/c23-22(24,25)20-10-7-19(8-11-20)17-26-13-4-14-27(16-15-26)21(28)12-9-18-5-2-1-3-6-18/h1-3,5-8,10-11H,4,9,12-17H2.